The Morgan fingerprint density at radius 1 is 1.00 bits per heavy atom. The van der Waals surface area contributed by atoms with Gasteiger partial charge in [-0.15, -0.1) is 0 Å². The molecule has 3 atom stereocenters. The van der Waals surface area contributed by atoms with E-state index in [1.54, 1.807) is 24.3 Å². The fourth-order valence-corrected chi connectivity index (χ4v) is 3.86. The van der Waals surface area contributed by atoms with Crippen LogP contribution in [0.1, 0.15) is 29.5 Å². The lowest BCUT2D eigenvalue weighted by atomic mass is 9.77. The molecule has 2 aliphatic rings. The standard InChI is InChI=1S/C18H15N3O4/c22-20(23)12-4-1-3-11(9-12)18-15-6-2-5-14(15)16-10-13(21(24)25)7-8-17(16)19-18/h1-5,7-10,14-15,18-19H,6H2/t14-,15-,18-/m1/s1. The number of benzene rings is 2. The van der Waals surface area contributed by atoms with Gasteiger partial charge < -0.3 is 5.32 Å². The Balaban J connectivity index is 1.77. The van der Waals surface area contributed by atoms with Crippen LogP contribution in [0.15, 0.2) is 54.6 Å². The molecule has 0 radical (unpaired) electrons. The highest BCUT2D eigenvalue weighted by molar-refractivity contribution is 5.63. The summed E-state index contributed by atoms with van der Waals surface area (Å²) in [5.74, 6) is 0.247. The fraction of sp³-hybridized carbons (Fsp3) is 0.222. The molecule has 1 aliphatic heterocycles. The van der Waals surface area contributed by atoms with E-state index in [0.29, 0.717) is 0 Å². The molecule has 7 nitrogen and oxygen atoms in total. The van der Waals surface area contributed by atoms with Gasteiger partial charge in [-0.1, -0.05) is 24.3 Å². The Morgan fingerprint density at radius 3 is 2.52 bits per heavy atom. The summed E-state index contributed by atoms with van der Waals surface area (Å²) in [5, 5.41) is 25.6. The van der Waals surface area contributed by atoms with Gasteiger partial charge in [0.25, 0.3) is 11.4 Å². The molecule has 0 fully saturated rings. The summed E-state index contributed by atoms with van der Waals surface area (Å²) in [6.45, 7) is 0. The molecule has 1 heterocycles. The second kappa shape index (κ2) is 5.70. The smallest absolute Gasteiger partial charge is 0.269 e. The molecule has 126 valence electrons. The summed E-state index contributed by atoms with van der Waals surface area (Å²) in [7, 11) is 0. The number of nitrogens with one attached hydrogen (secondary N) is 1. The lowest BCUT2D eigenvalue weighted by Crippen LogP contribution is -2.29. The van der Waals surface area contributed by atoms with Gasteiger partial charge in [0.2, 0.25) is 0 Å². The summed E-state index contributed by atoms with van der Waals surface area (Å²) in [6, 6.07) is 11.4. The minimum absolute atomic E-state index is 0.0660. The summed E-state index contributed by atoms with van der Waals surface area (Å²) < 4.78 is 0. The van der Waals surface area contributed by atoms with Gasteiger partial charge in [0.05, 0.1) is 15.9 Å². The molecule has 2 aromatic rings. The van der Waals surface area contributed by atoms with Crippen LogP contribution in [-0.2, 0) is 0 Å². The third kappa shape index (κ3) is 2.53. The van der Waals surface area contributed by atoms with Gasteiger partial charge >= 0.3 is 0 Å². The third-order valence-electron chi connectivity index (χ3n) is 5.00. The van der Waals surface area contributed by atoms with E-state index in [-0.39, 0.29) is 34.2 Å². The molecule has 1 aliphatic carbocycles. The Labute approximate surface area is 143 Å². The molecule has 0 saturated carbocycles. The molecule has 2 aromatic carbocycles. The van der Waals surface area contributed by atoms with E-state index < -0.39 is 4.92 Å². The van der Waals surface area contributed by atoms with E-state index in [4.69, 9.17) is 0 Å². The van der Waals surface area contributed by atoms with Gasteiger partial charge in [-0.2, -0.15) is 0 Å². The number of anilines is 1. The lowest BCUT2D eigenvalue weighted by molar-refractivity contribution is -0.385. The van der Waals surface area contributed by atoms with E-state index in [1.165, 1.54) is 12.1 Å². The molecule has 0 amide bonds. The predicted octanol–water partition coefficient (Wildman–Crippen LogP) is 4.33. The minimum atomic E-state index is -0.395. The van der Waals surface area contributed by atoms with E-state index in [2.05, 4.69) is 17.5 Å². The number of hydrogen-bond acceptors (Lipinski definition) is 5. The number of nitrogens with zero attached hydrogens (tertiary/aromatic N) is 2. The molecular weight excluding hydrogens is 322 g/mol. The van der Waals surface area contributed by atoms with Crippen LogP contribution >= 0.6 is 0 Å². The largest absolute Gasteiger partial charge is 0.378 e. The summed E-state index contributed by atoms with van der Waals surface area (Å²) >= 11 is 0. The average molecular weight is 337 g/mol. The number of rotatable bonds is 3. The highest BCUT2D eigenvalue weighted by atomic mass is 16.6. The first-order valence-corrected chi connectivity index (χ1v) is 8.00. The van der Waals surface area contributed by atoms with Crippen molar-refractivity contribution in [2.24, 2.45) is 5.92 Å². The van der Waals surface area contributed by atoms with Crippen LogP contribution in [0.25, 0.3) is 0 Å². The second-order valence-corrected chi connectivity index (χ2v) is 6.36. The van der Waals surface area contributed by atoms with Gasteiger partial charge in [-0.25, -0.2) is 0 Å². The van der Waals surface area contributed by atoms with Crippen molar-refractivity contribution in [3.05, 3.63) is 86.0 Å². The van der Waals surface area contributed by atoms with Gasteiger partial charge in [0.15, 0.2) is 0 Å². The zero-order chi connectivity index (χ0) is 17.6. The predicted molar refractivity (Wildman–Crippen MR) is 92.5 cm³/mol. The zero-order valence-electron chi connectivity index (χ0n) is 13.2. The van der Waals surface area contributed by atoms with Crippen LogP contribution < -0.4 is 5.32 Å². The average Bonchev–Trinajstić information content (AvgIpc) is 3.10. The number of nitro benzene ring substituents is 2. The molecular formula is C18H15N3O4. The Bertz CT molecular complexity index is 909. The first-order valence-electron chi connectivity index (χ1n) is 8.00. The summed E-state index contributed by atoms with van der Waals surface area (Å²) in [5.41, 5.74) is 2.76. The Hall–Kier alpha value is -3.22. The molecule has 1 N–H and O–H groups in total. The summed E-state index contributed by atoms with van der Waals surface area (Å²) in [4.78, 5) is 21.4. The molecule has 0 aromatic heterocycles. The molecule has 0 bridgehead atoms. The molecule has 0 spiro atoms. The van der Waals surface area contributed by atoms with Crippen LogP contribution in [-0.4, -0.2) is 9.85 Å². The highest BCUT2D eigenvalue weighted by Crippen LogP contribution is 2.50. The van der Waals surface area contributed by atoms with Crippen molar-refractivity contribution >= 4 is 17.1 Å². The van der Waals surface area contributed by atoms with Crippen molar-refractivity contribution in [1.82, 2.24) is 0 Å². The van der Waals surface area contributed by atoms with Crippen molar-refractivity contribution in [2.45, 2.75) is 18.4 Å². The van der Waals surface area contributed by atoms with Gasteiger partial charge in [0, 0.05) is 35.9 Å². The zero-order valence-corrected chi connectivity index (χ0v) is 13.2. The van der Waals surface area contributed by atoms with Crippen molar-refractivity contribution in [3.8, 4) is 0 Å². The topological polar surface area (TPSA) is 98.3 Å². The monoisotopic (exact) mass is 337 g/mol. The third-order valence-corrected chi connectivity index (χ3v) is 5.00. The Morgan fingerprint density at radius 2 is 1.76 bits per heavy atom. The maximum Gasteiger partial charge on any atom is 0.269 e. The van der Waals surface area contributed by atoms with Crippen LogP contribution in [0.4, 0.5) is 17.1 Å². The van der Waals surface area contributed by atoms with Gasteiger partial charge in [-0.05, 0) is 29.5 Å². The molecule has 0 saturated heterocycles. The molecule has 4 rings (SSSR count). The number of hydrogen-bond donors (Lipinski definition) is 1. The first kappa shape index (κ1) is 15.3. The molecule has 25 heavy (non-hydrogen) atoms. The van der Waals surface area contributed by atoms with E-state index in [9.17, 15) is 20.2 Å². The molecule has 7 heteroatoms. The van der Waals surface area contributed by atoms with Crippen molar-refractivity contribution in [2.75, 3.05) is 5.32 Å². The van der Waals surface area contributed by atoms with Crippen molar-refractivity contribution in [3.63, 3.8) is 0 Å². The van der Waals surface area contributed by atoms with Crippen LogP contribution in [0.5, 0.6) is 0 Å². The fourth-order valence-electron chi connectivity index (χ4n) is 3.86. The molecule has 0 unspecified atom stereocenters. The van der Waals surface area contributed by atoms with Gasteiger partial charge in [0.1, 0.15) is 0 Å². The van der Waals surface area contributed by atoms with E-state index in [1.807, 2.05) is 6.07 Å². The summed E-state index contributed by atoms with van der Waals surface area (Å²) in [6.07, 6.45) is 4.99. The van der Waals surface area contributed by atoms with Crippen molar-refractivity contribution in [1.29, 1.82) is 0 Å². The number of fused-ring (bicyclic) bond motifs is 3. The highest BCUT2D eigenvalue weighted by Gasteiger charge is 2.38. The number of non-ortho nitro benzene ring substituents is 2. The SMILES string of the molecule is O=[N+]([O-])c1cccc([C@H]2Nc3ccc([N+](=O)[O-])cc3[C@@H]3C=CC[C@@H]23)c1. The lowest BCUT2D eigenvalue weighted by Gasteiger charge is -2.37. The Kier molecular flexibility index (Phi) is 3.49. The van der Waals surface area contributed by atoms with Crippen LogP contribution in [0.2, 0.25) is 0 Å². The van der Waals surface area contributed by atoms with E-state index in [0.717, 1.165) is 23.2 Å². The number of nitro groups is 2. The van der Waals surface area contributed by atoms with Crippen LogP contribution in [0, 0.1) is 26.1 Å². The second-order valence-electron chi connectivity index (χ2n) is 6.36. The van der Waals surface area contributed by atoms with Crippen molar-refractivity contribution < 1.29 is 9.85 Å². The number of allylic oxidation sites excluding steroid dienone is 2. The van der Waals surface area contributed by atoms with Crippen LogP contribution in [0.3, 0.4) is 0 Å². The maximum atomic E-state index is 11.1. The van der Waals surface area contributed by atoms with E-state index >= 15 is 0 Å². The first-order chi connectivity index (χ1) is 12.0. The quantitative estimate of drug-likeness (QED) is 0.510. The normalized spacial score (nSPS) is 23.4. The maximum absolute atomic E-state index is 11.1. The minimum Gasteiger partial charge on any atom is -0.378 e. The van der Waals surface area contributed by atoms with Gasteiger partial charge in [-0.3, -0.25) is 20.2 Å².